The molecule has 0 amide bonds. The van der Waals surface area contributed by atoms with Crippen molar-refractivity contribution >= 4 is 10.9 Å². The minimum Gasteiger partial charge on any atom is -0.322 e. The van der Waals surface area contributed by atoms with Crippen molar-refractivity contribution in [3.05, 3.63) is 47.9 Å². The molecular weight excluding hydrogens is 348 g/mol. The highest BCUT2D eigenvalue weighted by atomic mass is 15.6. The first-order valence-corrected chi connectivity index (χ1v) is 10.6. The second-order valence-electron chi connectivity index (χ2n) is 8.58. The van der Waals surface area contributed by atoms with Crippen LogP contribution in [0.25, 0.3) is 10.9 Å². The van der Waals surface area contributed by atoms with Crippen LogP contribution in [0.4, 0.5) is 0 Å². The molecule has 28 heavy (non-hydrogen) atoms. The summed E-state index contributed by atoms with van der Waals surface area (Å²) in [7, 11) is 0. The molecule has 1 atom stereocenters. The van der Waals surface area contributed by atoms with E-state index >= 15 is 0 Å². The van der Waals surface area contributed by atoms with Gasteiger partial charge in [0, 0.05) is 17.1 Å². The molecule has 0 spiro atoms. The number of likely N-dealkylation sites (tertiary alicyclic amines) is 1. The summed E-state index contributed by atoms with van der Waals surface area (Å²) in [5, 5.41) is 14.2. The molecule has 0 saturated carbocycles. The third-order valence-electron chi connectivity index (χ3n) is 6.30. The highest BCUT2D eigenvalue weighted by Crippen LogP contribution is 2.26. The number of pyridine rings is 1. The summed E-state index contributed by atoms with van der Waals surface area (Å²) in [4.78, 5) is 6.06. The van der Waals surface area contributed by atoms with Crippen molar-refractivity contribution in [3.8, 4) is 0 Å². The highest BCUT2D eigenvalue weighted by molar-refractivity contribution is 5.79. The van der Waals surface area contributed by atoms with E-state index in [0.717, 1.165) is 30.9 Å². The SMILES string of the molecule is CCC(C)(C)n1nnnc1[C@@H](c1ccc2ncccc2c1)[NH+]1CCCCCC1. The largest absolute Gasteiger partial charge is 0.322 e. The number of aromatic nitrogens is 5. The van der Waals surface area contributed by atoms with E-state index in [9.17, 15) is 0 Å². The Kier molecular flexibility index (Phi) is 5.40. The van der Waals surface area contributed by atoms with Gasteiger partial charge >= 0.3 is 0 Å². The molecule has 148 valence electrons. The lowest BCUT2D eigenvalue weighted by atomic mass is 9.98. The van der Waals surface area contributed by atoms with Crippen LogP contribution < -0.4 is 4.90 Å². The maximum absolute atomic E-state index is 4.56. The maximum atomic E-state index is 4.56. The lowest BCUT2D eigenvalue weighted by molar-refractivity contribution is -0.925. The smallest absolute Gasteiger partial charge is 0.214 e. The third-order valence-corrected chi connectivity index (χ3v) is 6.30. The molecule has 0 aliphatic carbocycles. The standard InChI is InChI=1S/C22H30N6/c1-4-22(2,3)28-21(24-25-26-28)20(27-14-7-5-6-8-15-27)18-11-12-19-17(16-18)10-9-13-23-19/h9-13,16,20H,4-8,14-15H2,1-3H3/p+1/t20-/m1/s1. The molecule has 0 radical (unpaired) electrons. The molecule has 1 aliphatic heterocycles. The molecule has 1 aromatic carbocycles. The number of quaternary nitrogens is 1. The highest BCUT2D eigenvalue weighted by Gasteiger charge is 2.35. The first-order chi connectivity index (χ1) is 13.6. The molecular formula is C22H31N6+. The quantitative estimate of drug-likeness (QED) is 0.740. The topological polar surface area (TPSA) is 60.9 Å². The van der Waals surface area contributed by atoms with Crippen molar-refractivity contribution in [3.63, 3.8) is 0 Å². The number of benzene rings is 1. The summed E-state index contributed by atoms with van der Waals surface area (Å²) in [6.07, 6.45) is 8.00. The van der Waals surface area contributed by atoms with Gasteiger partial charge < -0.3 is 4.90 Å². The van der Waals surface area contributed by atoms with Gasteiger partial charge in [-0.15, -0.1) is 5.10 Å². The molecule has 3 heterocycles. The van der Waals surface area contributed by atoms with Crippen LogP contribution in [0.15, 0.2) is 36.5 Å². The Balaban J connectivity index is 1.83. The normalized spacial score (nSPS) is 17.5. The van der Waals surface area contributed by atoms with Crippen molar-refractivity contribution in [2.45, 2.75) is 64.5 Å². The van der Waals surface area contributed by atoms with Crippen LogP contribution in [-0.4, -0.2) is 38.3 Å². The van der Waals surface area contributed by atoms with Crippen LogP contribution >= 0.6 is 0 Å². The molecule has 4 rings (SSSR count). The van der Waals surface area contributed by atoms with Gasteiger partial charge in [0.2, 0.25) is 5.82 Å². The fourth-order valence-electron chi connectivity index (χ4n) is 4.27. The molecule has 6 nitrogen and oxygen atoms in total. The summed E-state index contributed by atoms with van der Waals surface area (Å²) in [5.74, 6) is 0.979. The Labute approximate surface area is 167 Å². The van der Waals surface area contributed by atoms with Gasteiger partial charge in [-0.05, 0) is 74.6 Å². The number of tetrazole rings is 1. The molecule has 0 bridgehead atoms. The predicted molar refractivity (Wildman–Crippen MR) is 110 cm³/mol. The molecule has 0 unspecified atom stereocenters. The lowest BCUT2D eigenvalue weighted by Crippen LogP contribution is -3.12. The van der Waals surface area contributed by atoms with E-state index in [-0.39, 0.29) is 11.6 Å². The zero-order valence-corrected chi connectivity index (χ0v) is 17.2. The summed E-state index contributed by atoms with van der Waals surface area (Å²) >= 11 is 0. The van der Waals surface area contributed by atoms with Crippen LogP contribution in [0, 0.1) is 0 Å². The average Bonchev–Trinajstić information content (AvgIpc) is 3.05. The fourth-order valence-corrected chi connectivity index (χ4v) is 4.27. The Bertz CT molecular complexity index is 923. The van der Waals surface area contributed by atoms with Crippen molar-refractivity contribution < 1.29 is 4.90 Å². The van der Waals surface area contributed by atoms with Gasteiger partial charge in [-0.3, -0.25) is 4.98 Å². The molecule has 6 heteroatoms. The van der Waals surface area contributed by atoms with Crippen molar-refractivity contribution in [2.24, 2.45) is 0 Å². The number of hydrogen-bond donors (Lipinski definition) is 1. The number of nitrogens with zero attached hydrogens (tertiary/aromatic N) is 5. The zero-order chi connectivity index (χ0) is 19.6. The van der Waals surface area contributed by atoms with Gasteiger partial charge in [-0.2, -0.15) is 0 Å². The Morgan fingerprint density at radius 3 is 2.64 bits per heavy atom. The van der Waals surface area contributed by atoms with Gasteiger partial charge in [0.25, 0.3) is 0 Å². The molecule has 2 aromatic heterocycles. The average molecular weight is 380 g/mol. The summed E-state index contributed by atoms with van der Waals surface area (Å²) < 4.78 is 2.06. The summed E-state index contributed by atoms with van der Waals surface area (Å²) in [5.41, 5.74) is 2.20. The molecule has 3 aromatic rings. The number of fused-ring (bicyclic) bond motifs is 1. The Hall–Kier alpha value is -2.34. The van der Waals surface area contributed by atoms with Crippen LogP contribution in [-0.2, 0) is 5.54 Å². The Morgan fingerprint density at radius 1 is 1.11 bits per heavy atom. The second kappa shape index (κ2) is 7.95. The van der Waals surface area contributed by atoms with Gasteiger partial charge in [0.15, 0.2) is 6.04 Å². The van der Waals surface area contributed by atoms with Gasteiger partial charge in [-0.1, -0.05) is 19.1 Å². The zero-order valence-electron chi connectivity index (χ0n) is 17.2. The minimum atomic E-state index is -0.110. The maximum Gasteiger partial charge on any atom is 0.214 e. The lowest BCUT2D eigenvalue weighted by Gasteiger charge is -2.31. The first-order valence-electron chi connectivity index (χ1n) is 10.6. The molecule has 1 saturated heterocycles. The van der Waals surface area contributed by atoms with Crippen LogP contribution in [0.1, 0.15) is 70.3 Å². The van der Waals surface area contributed by atoms with Crippen LogP contribution in [0.5, 0.6) is 0 Å². The van der Waals surface area contributed by atoms with E-state index in [1.807, 2.05) is 12.3 Å². The molecule has 1 aliphatic rings. The van der Waals surface area contributed by atoms with E-state index in [2.05, 4.69) is 70.2 Å². The first kappa shape index (κ1) is 19.0. The van der Waals surface area contributed by atoms with E-state index in [1.54, 1.807) is 4.90 Å². The summed E-state index contributed by atoms with van der Waals surface area (Å²) in [6.45, 7) is 8.95. The van der Waals surface area contributed by atoms with Gasteiger partial charge in [0.05, 0.1) is 24.1 Å². The molecule has 1 fully saturated rings. The second-order valence-corrected chi connectivity index (χ2v) is 8.58. The van der Waals surface area contributed by atoms with E-state index < -0.39 is 0 Å². The number of hydrogen-bond acceptors (Lipinski definition) is 4. The van der Waals surface area contributed by atoms with E-state index in [0.29, 0.717) is 0 Å². The van der Waals surface area contributed by atoms with Crippen molar-refractivity contribution in [1.82, 2.24) is 25.2 Å². The molecule has 1 N–H and O–H groups in total. The predicted octanol–water partition coefficient (Wildman–Crippen LogP) is 2.91. The monoisotopic (exact) mass is 379 g/mol. The third kappa shape index (κ3) is 3.65. The van der Waals surface area contributed by atoms with Crippen LogP contribution in [0.3, 0.4) is 0 Å². The Morgan fingerprint density at radius 2 is 1.89 bits per heavy atom. The van der Waals surface area contributed by atoms with Crippen molar-refractivity contribution in [2.75, 3.05) is 13.1 Å². The van der Waals surface area contributed by atoms with E-state index in [1.165, 1.54) is 36.6 Å². The fraction of sp³-hybridized carbons (Fsp3) is 0.545. The van der Waals surface area contributed by atoms with Gasteiger partial charge in [0.1, 0.15) is 0 Å². The van der Waals surface area contributed by atoms with Crippen molar-refractivity contribution in [1.29, 1.82) is 0 Å². The van der Waals surface area contributed by atoms with Crippen LogP contribution in [0.2, 0.25) is 0 Å². The van der Waals surface area contributed by atoms with Gasteiger partial charge in [-0.25, -0.2) is 4.68 Å². The van der Waals surface area contributed by atoms with E-state index in [4.69, 9.17) is 0 Å². The minimum absolute atomic E-state index is 0.110. The number of rotatable bonds is 5. The summed E-state index contributed by atoms with van der Waals surface area (Å²) in [6, 6.07) is 10.9. The number of nitrogens with one attached hydrogen (secondary N) is 1.